The lowest BCUT2D eigenvalue weighted by Crippen LogP contribution is -2.45. The van der Waals surface area contributed by atoms with Crippen molar-refractivity contribution < 1.29 is 23.1 Å². The number of aliphatic hydroxyl groups is 1. The Morgan fingerprint density at radius 1 is 1.00 bits per heavy atom. The Kier molecular flexibility index (Phi) is 3.59. The summed E-state index contributed by atoms with van der Waals surface area (Å²) >= 11 is 1.67. The topological polar surface area (TPSA) is 41.8 Å². The van der Waals surface area contributed by atoms with Crippen LogP contribution in [-0.2, 0) is 4.84 Å². The van der Waals surface area contributed by atoms with Gasteiger partial charge in [0.15, 0.2) is 0 Å². The molecule has 128 valence electrons. The van der Waals surface area contributed by atoms with Gasteiger partial charge in [0.2, 0.25) is 0 Å². The number of rotatable bonds is 2. The number of alkyl halides is 3. The number of fused-ring (bicyclic) bond motifs is 1. The molecule has 7 heteroatoms. The third-order valence-corrected chi connectivity index (χ3v) is 5.06. The quantitative estimate of drug-likeness (QED) is 0.700. The van der Waals surface area contributed by atoms with Gasteiger partial charge in [-0.25, -0.2) is 0 Å². The summed E-state index contributed by atoms with van der Waals surface area (Å²) in [4.78, 5) is 4.25. The molecule has 0 saturated heterocycles. The Bertz CT molecular complexity index is 962. The van der Waals surface area contributed by atoms with Crippen LogP contribution in [0.25, 0.3) is 21.2 Å². The smallest absolute Gasteiger partial charge is 0.350 e. The van der Waals surface area contributed by atoms with Gasteiger partial charge in [-0.3, -0.25) is 0 Å². The first-order chi connectivity index (χ1) is 11.9. The first kappa shape index (κ1) is 16.1. The normalized spacial score (nSPS) is 20.6. The lowest BCUT2D eigenvalue weighted by Gasteiger charge is -2.22. The molecule has 0 aliphatic carbocycles. The largest absolute Gasteiger partial charge is 0.458 e. The number of thiophene rings is 1. The highest BCUT2D eigenvalue weighted by Gasteiger charge is 2.60. The van der Waals surface area contributed by atoms with Crippen molar-refractivity contribution in [1.82, 2.24) is 0 Å². The molecule has 1 aliphatic rings. The van der Waals surface area contributed by atoms with E-state index in [1.807, 2.05) is 35.7 Å². The van der Waals surface area contributed by atoms with E-state index >= 15 is 0 Å². The summed E-state index contributed by atoms with van der Waals surface area (Å²) in [7, 11) is 0. The highest BCUT2D eigenvalue weighted by molar-refractivity contribution is 7.17. The Labute approximate surface area is 145 Å². The maximum atomic E-state index is 12.8. The van der Waals surface area contributed by atoms with Crippen molar-refractivity contribution in [3.8, 4) is 11.1 Å². The molecule has 0 saturated carbocycles. The van der Waals surface area contributed by atoms with Crippen molar-refractivity contribution in [3.05, 3.63) is 59.5 Å². The van der Waals surface area contributed by atoms with E-state index in [4.69, 9.17) is 0 Å². The molecule has 1 N–H and O–H groups in total. The molecule has 2 heterocycles. The molecule has 0 amide bonds. The fourth-order valence-electron chi connectivity index (χ4n) is 2.73. The maximum absolute atomic E-state index is 12.8. The average Bonchev–Trinajstić information content (AvgIpc) is 3.21. The van der Waals surface area contributed by atoms with Gasteiger partial charge in [-0.1, -0.05) is 35.5 Å². The van der Waals surface area contributed by atoms with Crippen molar-refractivity contribution in [2.45, 2.75) is 18.4 Å². The zero-order valence-corrected chi connectivity index (χ0v) is 13.6. The maximum Gasteiger partial charge on any atom is 0.458 e. The third-order valence-electron chi connectivity index (χ3n) is 4.16. The minimum Gasteiger partial charge on any atom is -0.350 e. The lowest BCUT2D eigenvalue weighted by molar-refractivity contribution is -0.355. The first-order valence-corrected chi connectivity index (χ1v) is 8.36. The molecule has 4 rings (SSSR count). The van der Waals surface area contributed by atoms with Crippen LogP contribution in [-0.4, -0.2) is 22.8 Å². The van der Waals surface area contributed by atoms with Crippen molar-refractivity contribution in [1.29, 1.82) is 0 Å². The van der Waals surface area contributed by atoms with Crippen molar-refractivity contribution in [2.24, 2.45) is 5.16 Å². The van der Waals surface area contributed by atoms with E-state index in [1.54, 1.807) is 23.5 Å². The van der Waals surface area contributed by atoms with Gasteiger partial charge < -0.3 is 9.94 Å². The SMILES string of the molecule is OC1(C(F)(F)F)CC(c2ccc(-c3ccc4sccc4c3)cc2)=NO1. The fraction of sp³-hybridized carbons (Fsp3) is 0.167. The van der Waals surface area contributed by atoms with Gasteiger partial charge in [0, 0.05) is 4.70 Å². The van der Waals surface area contributed by atoms with Crippen LogP contribution in [0.4, 0.5) is 13.2 Å². The minimum atomic E-state index is -4.89. The molecule has 1 unspecified atom stereocenters. The van der Waals surface area contributed by atoms with Crippen LogP contribution in [0, 0.1) is 0 Å². The summed E-state index contributed by atoms with van der Waals surface area (Å²) in [5.74, 6) is -3.25. The zero-order chi connectivity index (χ0) is 17.7. The monoisotopic (exact) mass is 363 g/mol. The van der Waals surface area contributed by atoms with Crippen LogP contribution in [0.2, 0.25) is 0 Å². The van der Waals surface area contributed by atoms with Gasteiger partial charge in [-0.15, -0.1) is 11.3 Å². The zero-order valence-electron chi connectivity index (χ0n) is 12.7. The van der Waals surface area contributed by atoms with E-state index in [2.05, 4.69) is 16.1 Å². The summed E-state index contributed by atoms with van der Waals surface area (Å²) in [6.45, 7) is 0. The summed E-state index contributed by atoms with van der Waals surface area (Å²) in [6.07, 6.45) is -5.62. The second-order valence-electron chi connectivity index (χ2n) is 5.84. The standard InChI is InChI=1S/C18H12F3NO2S/c19-18(20,21)17(23)10-15(22-24-17)12-3-1-11(2-4-12)13-5-6-16-14(9-13)7-8-25-16/h1-9,23H,10H2. The molecule has 3 aromatic rings. The minimum absolute atomic E-state index is 0.0691. The van der Waals surface area contributed by atoms with Gasteiger partial charge in [0.25, 0.3) is 0 Å². The molecule has 1 aromatic heterocycles. The van der Waals surface area contributed by atoms with Crippen LogP contribution in [0.15, 0.2) is 59.1 Å². The van der Waals surface area contributed by atoms with Crippen molar-refractivity contribution >= 4 is 27.1 Å². The van der Waals surface area contributed by atoms with E-state index < -0.39 is 18.4 Å². The molecule has 1 aliphatic heterocycles. The van der Waals surface area contributed by atoms with Gasteiger partial charge in [0.05, 0.1) is 12.1 Å². The fourth-order valence-corrected chi connectivity index (χ4v) is 3.50. The van der Waals surface area contributed by atoms with Gasteiger partial charge in [-0.05, 0) is 45.7 Å². The highest BCUT2D eigenvalue weighted by atomic mass is 32.1. The Morgan fingerprint density at radius 3 is 2.36 bits per heavy atom. The highest BCUT2D eigenvalue weighted by Crippen LogP contribution is 2.39. The second kappa shape index (κ2) is 5.57. The molecular weight excluding hydrogens is 351 g/mol. The number of halogens is 3. The van der Waals surface area contributed by atoms with Crippen molar-refractivity contribution in [3.63, 3.8) is 0 Å². The van der Waals surface area contributed by atoms with E-state index in [9.17, 15) is 18.3 Å². The van der Waals surface area contributed by atoms with Gasteiger partial charge in [0.1, 0.15) is 0 Å². The predicted octanol–water partition coefficient (Wildman–Crippen LogP) is 4.94. The molecule has 3 nitrogen and oxygen atoms in total. The van der Waals surface area contributed by atoms with Crippen LogP contribution >= 0.6 is 11.3 Å². The summed E-state index contributed by atoms with van der Waals surface area (Å²) in [6, 6.07) is 15.1. The molecule has 2 aromatic carbocycles. The van der Waals surface area contributed by atoms with E-state index in [0.717, 1.165) is 16.5 Å². The first-order valence-electron chi connectivity index (χ1n) is 7.48. The van der Waals surface area contributed by atoms with Crippen LogP contribution < -0.4 is 0 Å². The molecule has 0 radical (unpaired) electrons. The molecular formula is C18H12F3NO2S. The molecule has 1 atom stereocenters. The lowest BCUT2D eigenvalue weighted by atomic mass is 9.98. The summed E-state index contributed by atoms with van der Waals surface area (Å²) in [5.41, 5.74) is 2.52. The molecule has 0 fully saturated rings. The number of oxime groups is 1. The van der Waals surface area contributed by atoms with E-state index in [-0.39, 0.29) is 5.71 Å². The molecule has 25 heavy (non-hydrogen) atoms. The second-order valence-corrected chi connectivity index (χ2v) is 6.79. The average molecular weight is 363 g/mol. The number of benzene rings is 2. The Morgan fingerprint density at radius 2 is 1.68 bits per heavy atom. The molecule has 0 spiro atoms. The van der Waals surface area contributed by atoms with Crippen LogP contribution in [0.5, 0.6) is 0 Å². The number of hydrogen-bond acceptors (Lipinski definition) is 4. The Hall–Kier alpha value is -2.38. The van der Waals surface area contributed by atoms with Crippen LogP contribution in [0.3, 0.4) is 0 Å². The summed E-state index contributed by atoms with van der Waals surface area (Å²) in [5, 5.41) is 16.1. The summed E-state index contributed by atoms with van der Waals surface area (Å²) < 4.78 is 39.5. The number of nitrogens with zero attached hydrogens (tertiary/aromatic N) is 1. The van der Waals surface area contributed by atoms with E-state index in [1.165, 1.54) is 4.70 Å². The van der Waals surface area contributed by atoms with E-state index in [0.29, 0.717) is 5.56 Å². The van der Waals surface area contributed by atoms with Gasteiger partial charge in [-0.2, -0.15) is 13.2 Å². The predicted molar refractivity (Wildman–Crippen MR) is 90.5 cm³/mol. The molecule has 0 bridgehead atoms. The van der Waals surface area contributed by atoms with Crippen LogP contribution in [0.1, 0.15) is 12.0 Å². The van der Waals surface area contributed by atoms with Crippen molar-refractivity contribution in [2.75, 3.05) is 0 Å². The third kappa shape index (κ3) is 2.79. The Balaban J connectivity index is 1.58. The number of hydrogen-bond donors (Lipinski definition) is 1. The van der Waals surface area contributed by atoms with Gasteiger partial charge >= 0.3 is 12.0 Å².